The van der Waals surface area contributed by atoms with E-state index in [2.05, 4.69) is 6.92 Å². The molecule has 110 valence electrons. The van der Waals surface area contributed by atoms with E-state index < -0.39 is 11.4 Å². The smallest absolute Gasteiger partial charge is 0.313 e. The van der Waals surface area contributed by atoms with Crippen LogP contribution < -0.4 is 0 Å². The Bertz CT molecular complexity index is 320. The first-order valence-corrected chi connectivity index (χ1v) is 7.79. The Hall–Kier alpha value is -0.750. The molecule has 19 heavy (non-hydrogen) atoms. The number of amides is 1. The molecule has 0 saturated carbocycles. The van der Waals surface area contributed by atoms with E-state index in [4.69, 9.17) is 4.74 Å². The summed E-state index contributed by atoms with van der Waals surface area (Å²) in [6.45, 7) is 3.16. The molecular weight excluding hydrogens is 266 g/mol. The number of carboxylic acids is 1. The van der Waals surface area contributed by atoms with Gasteiger partial charge >= 0.3 is 5.97 Å². The van der Waals surface area contributed by atoms with Crippen molar-refractivity contribution in [3.63, 3.8) is 0 Å². The van der Waals surface area contributed by atoms with Gasteiger partial charge in [-0.25, -0.2) is 0 Å². The Morgan fingerprint density at radius 1 is 1.47 bits per heavy atom. The van der Waals surface area contributed by atoms with Gasteiger partial charge in [-0.3, -0.25) is 9.59 Å². The van der Waals surface area contributed by atoms with E-state index in [1.165, 1.54) is 7.11 Å². The molecule has 1 aliphatic rings. The summed E-state index contributed by atoms with van der Waals surface area (Å²) in [6, 6.07) is 0. The highest BCUT2D eigenvalue weighted by molar-refractivity contribution is 7.99. The second-order valence-electron chi connectivity index (χ2n) is 4.99. The van der Waals surface area contributed by atoms with Crippen LogP contribution in [0.3, 0.4) is 0 Å². The minimum Gasteiger partial charge on any atom is -0.481 e. The quantitative estimate of drug-likeness (QED) is 0.719. The molecule has 0 aliphatic carbocycles. The van der Waals surface area contributed by atoms with Crippen molar-refractivity contribution < 1.29 is 19.4 Å². The lowest BCUT2D eigenvalue weighted by Crippen LogP contribution is -2.52. The molecule has 0 radical (unpaired) electrons. The summed E-state index contributed by atoms with van der Waals surface area (Å²) in [5.74, 6) is 0.575. The Morgan fingerprint density at radius 3 is 2.79 bits per heavy atom. The number of aliphatic carboxylic acids is 1. The number of nitrogens with zero attached hydrogens (tertiary/aromatic N) is 1. The molecule has 0 aromatic rings. The predicted molar refractivity (Wildman–Crippen MR) is 75.4 cm³/mol. The lowest BCUT2D eigenvalue weighted by atomic mass is 9.80. The van der Waals surface area contributed by atoms with Crippen molar-refractivity contribution in [3.05, 3.63) is 0 Å². The number of ether oxygens (including phenoxy) is 1. The lowest BCUT2D eigenvalue weighted by Gasteiger charge is -2.39. The predicted octanol–water partition coefficient (Wildman–Crippen LogP) is 1.47. The van der Waals surface area contributed by atoms with Crippen molar-refractivity contribution >= 4 is 23.6 Å². The fourth-order valence-electron chi connectivity index (χ4n) is 2.37. The van der Waals surface area contributed by atoms with Gasteiger partial charge in [0.1, 0.15) is 5.41 Å². The van der Waals surface area contributed by atoms with Crippen LogP contribution in [0.2, 0.25) is 0 Å². The summed E-state index contributed by atoms with van der Waals surface area (Å²) in [4.78, 5) is 25.2. The first kappa shape index (κ1) is 16.3. The number of piperidine rings is 1. The molecule has 0 aromatic heterocycles. The Kier molecular flexibility index (Phi) is 6.65. The highest BCUT2D eigenvalue weighted by atomic mass is 32.2. The topological polar surface area (TPSA) is 66.8 Å². The van der Waals surface area contributed by atoms with Crippen molar-refractivity contribution in [1.29, 1.82) is 0 Å². The van der Waals surface area contributed by atoms with Gasteiger partial charge in [-0.15, -0.1) is 0 Å². The summed E-state index contributed by atoms with van der Waals surface area (Å²) in [5, 5.41) is 9.41. The molecular formula is C13H23NO4S. The number of likely N-dealkylation sites (tertiary alicyclic amines) is 1. The average molecular weight is 289 g/mol. The minimum atomic E-state index is -0.932. The molecule has 1 saturated heterocycles. The number of methoxy groups -OCH3 is 1. The maximum absolute atomic E-state index is 12.1. The summed E-state index contributed by atoms with van der Waals surface area (Å²) < 4.78 is 5.05. The van der Waals surface area contributed by atoms with Crippen molar-refractivity contribution in [2.45, 2.75) is 26.2 Å². The van der Waals surface area contributed by atoms with Gasteiger partial charge < -0.3 is 14.7 Å². The molecule has 1 amide bonds. The maximum atomic E-state index is 12.1. The number of carboxylic acid groups (broad SMARTS) is 1. The Labute approximate surface area is 118 Å². The molecule has 1 fully saturated rings. The average Bonchev–Trinajstić information content (AvgIpc) is 2.39. The number of thioether (sulfide) groups is 1. The highest BCUT2D eigenvalue weighted by Gasteiger charge is 2.43. The third-order valence-electron chi connectivity index (χ3n) is 3.38. The van der Waals surface area contributed by atoms with Crippen molar-refractivity contribution in [2.24, 2.45) is 5.41 Å². The molecule has 1 atom stereocenters. The number of carbonyl (C=O) groups excluding carboxylic acids is 1. The second-order valence-corrected chi connectivity index (χ2v) is 6.10. The number of rotatable bonds is 7. The first-order valence-electron chi connectivity index (χ1n) is 6.63. The van der Waals surface area contributed by atoms with Gasteiger partial charge in [0.2, 0.25) is 5.91 Å². The molecule has 6 heteroatoms. The Morgan fingerprint density at radius 2 is 2.21 bits per heavy atom. The normalized spacial score (nSPS) is 23.4. The zero-order valence-corrected chi connectivity index (χ0v) is 12.5. The lowest BCUT2D eigenvalue weighted by molar-refractivity contribution is -0.158. The van der Waals surface area contributed by atoms with E-state index in [-0.39, 0.29) is 19.1 Å². The van der Waals surface area contributed by atoms with Crippen LogP contribution in [-0.4, -0.2) is 60.2 Å². The van der Waals surface area contributed by atoms with Crippen molar-refractivity contribution in [2.75, 3.05) is 38.3 Å². The molecule has 0 aromatic carbocycles. The monoisotopic (exact) mass is 289 g/mol. The van der Waals surface area contributed by atoms with Crippen LogP contribution in [0.25, 0.3) is 0 Å². The molecule has 1 unspecified atom stereocenters. The molecule has 1 heterocycles. The van der Waals surface area contributed by atoms with Crippen LogP contribution in [0.1, 0.15) is 26.2 Å². The van der Waals surface area contributed by atoms with Gasteiger partial charge in [0.25, 0.3) is 0 Å². The van der Waals surface area contributed by atoms with Crippen LogP contribution in [0.4, 0.5) is 0 Å². The minimum absolute atomic E-state index is 0.0416. The Balaban J connectivity index is 2.61. The molecule has 1 aliphatic heterocycles. The molecule has 1 rings (SSSR count). The van der Waals surface area contributed by atoms with Gasteiger partial charge in [0.05, 0.1) is 12.4 Å². The molecule has 5 nitrogen and oxygen atoms in total. The summed E-state index contributed by atoms with van der Waals surface area (Å²) in [5.41, 5.74) is -0.932. The van der Waals surface area contributed by atoms with Gasteiger partial charge in [-0.05, 0) is 25.0 Å². The zero-order chi connectivity index (χ0) is 14.3. The van der Waals surface area contributed by atoms with Crippen LogP contribution in [0.5, 0.6) is 0 Å². The highest BCUT2D eigenvalue weighted by Crippen LogP contribution is 2.31. The SMILES string of the molecule is CCCSCC(=O)N1CCCC(COC)(C(=O)O)C1. The standard InChI is InChI=1S/C13H23NO4S/c1-3-7-19-8-11(15)14-6-4-5-13(9-14,10-18-2)12(16)17/h3-10H2,1-2H3,(H,16,17). The van der Waals surface area contributed by atoms with Crippen molar-refractivity contribution in [3.8, 4) is 0 Å². The van der Waals surface area contributed by atoms with Gasteiger partial charge in [0.15, 0.2) is 0 Å². The summed E-state index contributed by atoms with van der Waals surface area (Å²) >= 11 is 1.61. The van der Waals surface area contributed by atoms with Crippen LogP contribution in [0, 0.1) is 5.41 Å². The van der Waals surface area contributed by atoms with Crippen LogP contribution in [-0.2, 0) is 14.3 Å². The van der Waals surface area contributed by atoms with Gasteiger partial charge in [-0.2, -0.15) is 11.8 Å². The van der Waals surface area contributed by atoms with E-state index in [1.54, 1.807) is 16.7 Å². The van der Waals surface area contributed by atoms with Gasteiger partial charge in [-0.1, -0.05) is 6.92 Å². The fourth-order valence-corrected chi connectivity index (χ4v) is 3.16. The zero-order valence-electron chi connectivity index (χ0n) is 11.7. The van der Waals surface area contributed by atoms with E-state index in [0.29, 0.717) is 18.7 Å². The third kappa shape index (κ3) is 4.38. The van der Waals surface area contributed by atoms with Gasteiger partial charge in [0, 0.05) is 20.2 Å². The van der Waals surface area contributed by atoms with E-state index in [0.717, 1.165) is 18.6 Å². The van der Waals surface area contributed by atoms with E-state index in [1.807, 2.05) is 0 Å². The number of carbonyl (C=O) groups is 2. The largest absolute Gasteiger partial charge is 0.481 e. The fraction of sp³-hybridized carbons (Fsp3) is 0.846. The summed E-state index contributed by atoms with van der Waals surface area (Å²) in [6.07, 6.45) is 2.34. The number of hydrogen-bond donors (Lipinski definition) is 1. The second kappa shape index (κ2) is 7.75. The molecule has 0 spiro atoms. The van der Waals surface area contributed by atoms with E-state index in [9.17, 15) is 14.7 Å². The molecule has 1 N–H and O–H groups in total. The summed E-state index contributed by atoms with van der Waals surface area (Å²) in [7, 11) is 1.50. The van der Waals surface area contributed by atoms with Crippen LogP contribution in [0.15, 0.2) is 0 Å². The first-order chi connectivity index (χ1) is 9.05. The van der Waals surface area contributed by atoms with Crippen LogP contribution >= 0.6 is 11.8 Å². The molecule has 0 bridgehead atoms. The van der Waals surface area contributed by atoms with Crippen molar-refractivity contribution in [1.82, 2.24) is 4.90 Å². The third-order valence-corrected chi connectivity index (χ3v) is 4.53. The van der Waals surface area contributed by atoms with E-state index >= 15 is 0 Å². The number of hydrogen-bond acceptors (Lipinski definition) is 4. The maximum Gasteiger partial charge on any atom is 0.313 e.